The second-order valence-corrected chi connectivity index (χ2v) is 4.23. The van der Waals surface area contributed by atoms with Crippen molar-refractivity contribution < 1.29 is 9.53 Å². The number of nitriles is 1. The number of aromatic amines is 1. The van der Waals surface area contributed by atoms with Crippen molar-refractivity contribution in [3.05, 3.63) is 22.0 Å². The third kappa shape index (κ3) is 3.95. The number of amides is 1. The summed E-state index contributed by atoms with van der Waals surface area (Å²) in [7, 11) is 0. The predicted molar refractivity (Wildman–Crippen MR) is 59.4 cm³/mol. The Labute approximate surface area is 97.4 Å². The number of hydrogen-bond acceptors (Lipinski definition) is 5. The SMILES string of the molecule is CC(C)(C)OC(=O)Nc1cc(C#N)c(=O)[nH]n1. The highest BCUT2D eigenvalue weighted by atomic mass is 16.6. The van der Waals surface area contributed by atoms with E-state index in [1.807, 2.05) is 0 Å². The molecular formula is C10H12N4O3. The highest BCUT2D eigenvalue weighted by Crippen LogP contribution is 2.09. The minimum atomic E-state index is -0.707. The van der Waals surface area contributed by atoms with Gasteiger partial charge in [0.25, 0.3) is 5.56 Å². The molecule has 0 aliphatic rings. The third-order valence-electron chi connectivity index (χ3n) is 1.55. The monoisotopic (exact) mass is 236 g/mol. The van der Waals surface area contributed by atoms with Crippen LogP contribution in [0.3, 0.4) is 0 Å². The highest BCUT2D eigenvalue weighted by Gasteiger charge is 2.16. The Bertz CT molecular complexity index is 522. The zero-order valence-corrected chi connectivity index (χ0v) is 9.70. The Morgan fingerprint density at radius 3 is 2.76 bits per heavy atom. The van der Waals surface area contributed by atoms with Gasteiger partial charge in [-0.25, -0.2) is 9.89 Å². The summed E-state index contributed by atoms with van der Waals surface area (Å²) in [4.78, 5) is 22.4. The Balaban J connectivity index is 2.80. The molecule has 0 radical (unpaired) electrons. The maximum Gasteiger partial charge on any atom is 0.413 e. The molecule has 7 heteroatoms. The fraction of sp³-hybridized carbons (Fsp3) is 0.400. The van der Waals surface area contributed by atoms with E-state index in [1.54, 1.807) is 26.8 Å². The van der Waals surface area contributed by atoms with Crippen molar-refractivity contribution in [3.63, 3.8) is 0 Å². The largest absolute Gasteiger partial charge is 0.444 e. The topological polar surface area (TPSA) is 108 Å². The summed E-state index contributed by atoms with van der Waals surface area (Å²) >= 11 is 0. The number of carbonyl (C=O) groups is 1. The number of aromatic nitrogens is 2. The quantitative estimate of drug-likeness (QED) is 0.755. The molecule has 1 heterocycles. The van der Waals surface area contributed by atoms with Crippen molar-refractivity contribution in [3.8, 4) is 6.07 Å². The molecule has 1 rings (SSSR count). The van der Waals surface area contributed by atoms with E-state index in [0.717, 1.165) is 0 Å². The zero-order valence-electron chi connectivity index (χ0n) is 9.70. The number of anilines is 1. The van der Waals surface area contributed by atoms with Gasteiger partial charge in [0.15, 0.2) is 5.82 Å². The molecule has 0 saturated heterocycles. The van der Waals surface area contributed by atoms with Gasteiger partial charge in [-0.15, -0.1) is 0 Å². The maximum absolute atomic E-state index is 11.4. The molecule has 1 aromatic heterocycles. The van der Waals surface area contributed by atoms with E-state index in [1.165, 1.54) is 6.07 Å². The van der Waals surface area contributed by atoms with Crippen LogP contribution in [0, 0.1) is 11.3 Å². The number of nitrogens with one attached hydrogen (secondary N) is 2. The highest BCUT2D eigenvalue weighted by molar-refractivity contribution is 5.83. The lowest BCUT2D eigenvalue weighted by Crippen LogP contribution is -2.28. The van der Waals surface area contributed by atoms with Crippen molar-refractivity contribution >= 4 is 11.9 Å². The van der Waals surface area contributed by atoms with Crippen LogP contribution >= 0.6 is 0 Å². The fourth-order valence-corrected chi connectivity index (χ4v) is 0.961. The minimum Gasteiger partial charge on any atom is -0.444 e. The van der Waals surface area contributed by atoms with Crippen molar-refractivity contribution in [2.24, 2.45) is 0 Å². The van der Waals surface area contributed by atoms with Gasteiger partial charge in [-0.2, -0.15) is 10.4 Å². The summed E-state index contributed by atoms with van der Waals surface area (Å²) in [6.07, 6.45) is -0.707. The summed E-state index contributed by atoms with van der Waals surface area (Å²) in [5, 5.41) is 16.6. The Morgan fingerprint density at radius 2 is 2.24 bits per heavy atom. The Hall–Kier alpha value is -2.36. The van der Waals surface area contributed by atoms with E-state index in [-0.39, 0.29) is 11.4 Å². The van der Waals surface area contributed by atoms with Gasteiger partial charge in [0.05, 0.1) is 0 Å². The van der Waals surface area contributed by atoms with Gasteiger partial charge in [0.2, 0.25) is 0 Å². The van der Waals surface area contributed by atoms with Crippen molar-refractivity contribution in [2.75, 3.05) is 5.32 Å². The summed E-state index contributed by atoms with van der Waals surface area (Å²) in [5.41, 5.74) is -1.38. The second-order valence-electron chi connectivity index (χ2n) is 4.23. The molecule has 0 aliphatic heterocycles. The molecule has 17 heavy (non-hydrogen) atoms. The van der Waals surface area contributed by atoms with E-state index in [2.05, 4.69) is 15.5 Å². The van der Waals surface area contributed by atoms with E-state index >= 15 is 0 Å². The van der Waals surface area contributed by atoms with Gasteiger partial charge in [-0.3, -0.25) is 10.1 Å². The average Bonchev–Trinajstić information content (AvgIpc) is 2.18. The van der Waals surface area contributed by atoms with Crippen LogP contribution in [-0.4, -0.2) is 21.9 Å². The van der Waals surface area contributed by atoms with Gasteiger partial charge >= 0.3 is 6.09 Å². The Morgan fingerprint density at radius 1 is 1.59 bits per heavy atom. The first-order valence-electron chi connectivity index (χ1n) is 4.81. The van der Waals surface area contributed by atoms with Gasteiger partial charge < -0.3 is 4.74 Å². The maximum atomic E-state index is 11.4. The molecular weight excluding hydrogens is 224 g/mol. The number of rotatable bonds is 1. The first kappa shape index (κ1) is 12.7. The summed E-state index contributed by atoms with van der Waals surface area (Å²) < 4.78 is 4.98. The molecule has 7 nitrogen and oxygen atoms in total. The molecule has 0 aliphatic carbocycles. The van der Waals surface area contributed by atoms with Crippen LogP contribution in [0.15, 0.2) is 10.9 Å². The van der Waals surface area contributed by atoms with Crippen LogP contribution < -0.4 is 10.9 Å². The standard InChI is InChI=1S/C10H12N4O3/c1-10(2,3)17-9(16)12-7-4-6(5-11)8(15)14-13-7/h4H,1-3H3,(H,14,15)(H,12,13,16). The van der Waals surface area contributed by atoms with Crippen LogP contribution in [0.5, 0.6) is 0 Å². The number of ether oxygens (including phenoxy) is 1. The molecule has 1 aromatic rings. The molecule has 0 unspecified atom stereocenters. The van der Waals surface area contributed by atoms with Crippen LogP contribution in [-0.2, 0) is 4.74 Å². The number of carbonyl (C=O) groups excluding carboxylic acids is 1. The smallest absolute Gasteiger partial charge is 0.413 e. The van der Waals surface area contributed by atoms with Crippen LogP contribution in [0.4, 0.5) is 10.6 Å². The molecule has 0 saturated carbocycles. The lowest BCUT2D eigenvalue weighted by atomic mass is 10.2. The van der Waals surface area contributed by atoms with Crippen LogP contribution in [0.1, 0.15) is 26.3 Å². The van der Waals surface area contributed by atoms with E-state index in [0.29, 0.717) is 0 Å². The van der Waals surface area contributed by atoms with E-state index < -0.39 is 17.3 Å². The van der Waals surface area contributed by atoms with Gasteiger partial charge in [-0.1, -0.05) is 0 Å². The van der Waals surface area contributed by atoms with Crippen molar-refractivity contribution in [1.29, 1.82) is 5.26 Å². The molecule has 90 valence electrons. The molecule has 0 fully saturated rings. The fourth-order valence-electron chi connectivity index (χ4n) is 0.961. The molecule has 0 aromatic carbocycles. The second kappa shape index (κ2) is 4.65. The van der Waals surface area contributed by atoms with Crippen molar-refractivity contribution in [1.82, 2.24) is 10.2 Å². The summed E-state index contributed by atoms with van der Waals surface area (Å²) in [6, 6.07) is 2.85. The number of nitrogens with zero attached hydrogens (tertiary/aromatic N) is 2. The molecule has 2 N–H and O–H groups in total. The number of hydrogen-bond donors (Lipinski definition) is 2. The summed E-state index contributed by atoms with van der Waals surface area (Å²) in [6.45, 7) is 5.15. The first-order chi connectivity index (χ1) is 7.81. The first-order valence-corrected chi connectivity index (χ1v) is 4.81. The third-order valence-corrected chi connectivity index (χ3v) is 1.55. The van der Waals surface area contributed by atoms with Gasteiger partial charge in [0, 0.05) is 6.07 Å². The summed E-state index contributed by atoms with van der Waals surface area (Å²) in [5.74, 6) is 0.0513. The Kier molecular flexibility index (Phi) is 3.48. The van der Waals surface area contributed by atoms with Gasteiger partial charge in [0.1, 0.15) is 17.2 Å². The van der Waals surface area contributed by atoms with E-state index in [4.69, 9.17) is 10.00 Å². The van der Waals surface area contributed by atoms with E-state index in [9.17, 15) is 9.59 Å². The molecule has 0 atom stereocenters. The normalized spacial score (nSPS) is 10.5. The predicted octanol–water partition coefficient (Wildman–Crippen LogP) is 0.989. The molecule has 1 amide bonds. The average molecular weight is 236 g/mol. The minimum absolute atomic E-state index is 0.0513. The van der Waals surface area contributed by atoms with Crippen LogP contribution in [0.25, 0.3) is 0 Å². The molecule has 0 spiro atoms. The molecule has 0 bridgehead atoms. The van der Waals surface area contributed by atoms with Gasteiger partial charge in [-0.05, 0) is 20.8 Å². The lowest BCUT2D eigenvalue weighted by molar-refractivity contribution is 0.0635. The van der Waals surface area contributed by atoms with Crippen LogP contribution in [0.2, 0.25) is 0 Å². The zero-order chi connectivity index (χ0) is 13.1. The lowest BCUT2D eigenvalue weighted by Gasteiger charge is -2.19. The number of H-pyrrole nitrogens is 1. The van der Waals surface area contributed by atoms with Crippen molar-refractivity contribution in [2.45, 2.75) is 26.4 Å².